The van der Waals surface area contributed by atoms with Crippen LogP contribution in [0.5, 0.6) is 0 Å². The van der Waals surface area contributed by atoms with Gasteiger partial charge in [0.25, 0.3) is 0 Å². The molecule has 0 aliphatic heterocycles. The lowest BCUT2D eigenvalue weighted by Crippen LogP contribution is -1.83. The summed E-state index contributed by atoms with van der Waals surface area (Å²) in [6.07, 6.45) is 23.8. The van der Waals surface area contributed by atoms with Gasteiger partial charge in [0.2, 0.25) is 0 Å². The lowest BCUT2D eigenvalue weighted by Gasteiger charge is -2.04. The average Bonchev–Trinajstić information content (AvgIpc) is 3.04. The van der Waals surface area contributed by atoms with E-state index in [2.05, 4.69) is 93.8 Å². The summed E-state index contributed by atoms with van der Waals surface area (Å²) >= 11 is 3.51. The Labute approximate surface area is 198 Å². The van der Waals surface area contributed by atoms with Crippen LogP contribution in [-0.2, 0) is 0 Å². The summed E-state index contributed by atoms with van der Waals surface area (Å²) in [6.45, 7) is 15.9. The molecule has 1 aromatic rings. The van der Waals surface area contributed by atoms with Gasteiger partial charge in [-0.15, -0.1) is 0 Å². The Kier molecular flexibility index (Phi) is 14.0. The molecule has 0 fully saturated rings. The van der Waals surface area contributed by atoms with Gasteiger partial charge in [-0.2, -0.15) is 0 Å². The zero-order valence-electron chi connectivity index (χ0n) is 19.2. The van der Waals surface area contributed by atoms with Crippen LogP contribution in [0.2, 0.25) is 0 Å². The molecular formula is C29H34S2. The third-order valence-corrected chi connectivity index (χ3v) is 6.12. The molecule has 0 aromatic heterocycles. The second-order valence-corrected chi connectivity index (χ2v) is 8.87. The molecule has 0 amide bonds. The van der Waals surface area contributed by atoms with Gasteiger partial charge in [-0.25, -0.2) is 0 Å². The van der Waals surface area contributed by atoms with E-state index in [1.165, 1.54) is 25.9 Å². The Balaban J connectivity index is 0.00000233. The van der Waals surface area contributed by atoms with Gasteiger partial charge in [0.15, 0.2) is 0 Å². The molecule has 0 heterocycles. The second-order valence-electron chi connectivity index (χ2n) is 6.41. The van der Waals surface area contributed by atoms with Crippen molar-refractivity contribution in [2.45, 2.75) is 39.0 Å². The van der Waals surface area contributed by atoms with Crippen molar-refractivity contribution in [2.75, 3.05) is 0 Å². The fourth-order valence-electron chi connectivity index (χ4n) is 2.54. The SMILES string of the molecule is C=C/C=C\C=C(/C)S/C(C=C)=C/C=C(\C)C1=CC=C(Sc2ccccc2)C=CC1.CC. The van der Waals surface area contributed by atoms with E-state index in [1.807, 2.05) is 38.1 Å². The Morgan fingerprint density at radius 3 is 2.35 bits per heavy atom. The van der Waals surface area contributed by atoms with Gasteiger partial charge in [0.1, 0.15) is 0 Å². The summed E-state index contributed by atoms with van der Waals surface area (Å²) in [5.41, 5.74) is 2.60. The van der Waals surface area contributed by atoms with Crippen molar-refractivity contribution >= 4 is 23.5 Å². The van der Waals surface area contributed by atoms with Crippen LogP contribution >= 0.6 is 23.5 Å². The zero-order valence-corrected chi connectivity index (χ0v) is 20.8. The molecule has 0 nitrogen and oxygen atoms in total. The molecule has 1 aliphatic rings. The third-order valence-electron chi connectivity index (χ3n) is 4.11. The van der Waals surface area contributed by atoms with E-state index >= 15 is 0 Å². The molecule has 0 N–H and O–H groups in total. The highest BCUT2D eigenvalue weighted by molar-refractivity contribution is 8.06. The number of hydrogen-bond acceptors (Lipinski definition) is 2. The Bertz CT molecular complexity index is 917. The monoisotopic (exact) mass is 446 g/mol. The van der Waals surface area contributed by atoms with Crippen LogP contribution in [0, 0.1) is 0 Å². The normalized spacial score (nSPS) is 14.9. The van der Waals surface area contributed by atoms with Gasteiger partial charge < -0.3 is 0 Å². The van der Waals surface area contributed by atoms with Crippen molar-refractivity contribution in [2.24, 2.45) is 0 Å². The predicted molar refractivity (Wildman–Crippen MR) is 146 cm³/mol. The summed E-state index contributed by atoms with van der Waals surface area (Å²) in [7, 11) is 0. The van der Waals surface area contributed by atoms with Crippen molar-refractivity contribution in [3.05, 3.63) is 136 Å². The molecule has 0 unspecified atom stereocenters. The lowest BCUT2D eigenvalue weighted by atomic mass is 10.0. The van der Waals surface area contributed by atoms with Crippen molar-refractivity contribution in [3.8, 4) is 0 Å². The summed E-state index contributed by atoms with van der Waals surface area (Å²) in [6, 6.07) is 10.5. The molecule has 0 spiro atoms. The minimum absolute atomic E-state index is 0.938. The fourth-order valence-corrected chi connectivity index (χ4v) is 4.14. The quantitative estimate of drug-likeness (QED) is 0.346. The van der Waals surface area contributed by atoms with Crippen LogP contribution in [0.25, 0.3) is 0 Å². The topological polar surface area (TPSA) is 0 Å². The zero-order chi connectivity index (χ0) is 22.9. The standard InChI is InChI=1S/C27H28S2.C2H6/c1-5-7-9-13-23(4)28-25(6-2)20-18-22(3)24-14-12-17-27(21-19-24)29-26-15-10-8-11-16-26;1-2/h5-13,15-21H,1-2,14H2,3-4H3;1-2H3/b9-7-,22-18+,23-13+,25-20+;. The maximum Gasteiger partial charge on any atom is 0.0122 e. The van der Waals surface area contributed by atoms with Gasteiger partial charge >= 0.3 is 0 Å². The summed E-state index contributed by atoms with van der Waals surface area (Å²) in [5.74, 6) is 0. The largest absolute Gasteiger partial charge is 0.0991 e. The van der Waals surface area contributed by atoms with Crippen LogP contribution in [-0.4, -0.2) is 0 Å². The van der Waals surface area contributed by atoms with Gasteiger partial charge in [-0.05, 0) is 60.6 Å². The second kappa shape index (κ2) is 16.3. The molecule has 162 valence electrons. The number of allylic oxidation sites excluding steroid dienone is 14. The van der Waals surface area contributed by atoms with Gasteiger partial charge in [0.05, 0.1) is 0 Å². The van der Waals surface area contributed by atoms with E-state index in [9.17, 15) is 0 Å². The smallest absolute Gasteiger partial charge is 0.0122 e. The molecule has 0 bridgehead atoms. The van der Waals surface area contributed by atoms with Crippen LogP contribution in [0.15, 0.2) is 141 Å². The molecule has 2 rings (SSSR count). The van der Waals surface area contributed by atoms with E-state index in [0.29, 0.717) is 0 Å². The first-order chi connectivity index (χ1) is 15.1. The highest BCUT2D eigenvalue weighted by Crippen LogP contribution is 2.30. The lowest BCUT2D eigenvalue weighted by molar-refractivity contribution is 1.21. The minimum Gasteiger partial charge on any atom is -0.0991 e. The first-order valence-corrected chi connectivity index (χ1v) is 12.2. The molecule has 2 heteroatoms. The predicted octanol–water partition coefficient (Wildman–Crippen LogP) is 9.97. The molecule has 0 atom stereocenters. The van der Waals surface area contributed by atoms with Gasteiger partial charge in [-0.1, -0.05) is 123 Å². The molecule has 1 aliphatic carbocycles. The number of rotatable bonds is 9. The molecular weight excluding hydrogens is 412 g/mol. The van der Waals surface area contributed by atoms with Gasteiger partial charge in [0, 0.05) is 14.7 Å². The molecule has 1 aromatic carbocycles. The molecule has 0 saturated carbocycles. The first-order valence-electron chi connectivity index (χ1n) is 10.6. The van der Waals surface area contributed by atoms with Crippen molar-refractivity contribution in [1.29, 1.82) is 0 Å². The molecule has 0 radical (unpaired) electrons. The maximum atomic E-state index is 3.95. The van der Waals surface area contributed by atoms with Crippen molar-refractivity contribution in [1.82, 2.24) is 0 Å². The molecule has 0 saturated heterocycles. The fraction of sp³-hybridized carbons (Fsp3) is 0.172. The third kappa shape index (κ3) is 11.0. The summed E-state index contributed by atoms with van der Waals surface area (Å²) < 4.78 is 0. The number of benzene rings is 1. The van der Waals surface area contributed by atoms with E-state index in [4.69, 9.17) is 0 Å². The van der Waals surface area contributed by atoms with Crippen LogP contribution < -0.4 is 0 Å². The Hall–Kier alpha value is -2.42. The highest BCUT2D eigenvalue weighted by atomic mass is 32.2. The highest BCUT2D eigenvalue weighted by Gasteiger charge is 2.03. The van der Waals surface area contributed by atoms with Crippen LogP contribution in [0.1, 0.15) is 34.1 Å². The van der Waals surface area contributed by atoms with Crippen molar-refractivity contribution < 1.29 is 0 Å². The van der Waals surface area contributed by atoms with E-state index < -0.39 is 0 Å². The van der Waals surface area contributed by atoms with E-state index in [1.54, 1.807) is 29.6 Å². The maximum absolute atomic E-state index is 3.95. The van der Waals surface area contributed by atoms with Crippen molar-refractivity contribution in [3.63, 3.8) is 0 Å². The number of thioether (sulfide) groups is 2. The van der Waals surface area contributed by atoms with Crippen LogP contribution in [0.4, 0.5) is 0 Å². The Morgan fingerprint density at radius 1 is 0.935 bits per heavy atom. The molecule has 31 heavy (non-hydrogen) atoms. The average molecular weight is 447 g/mol. The summed E-state index contributed by atoms with van der Waals surface area (Å²) in [5, 5.41) is 0. The van der Waals surface area contributed by atoms with E-state index in [0.717, 1.165) is 11.3 Å². The first kappa shape index (κ1) is 26.6. The summed E-state index contributed by atoms with van der Waals surface area (Å²) in [4.78, 5) is 4.85. The van der Waals surface area contributed by atoms with Crippen LogP contribution in [0.3, 0.4) is 0 Å². The number of hydrogen-bond donors (Lipinski definition) is 0. The minimum atomic E-state index is 0.938. The van der Waals surface area contributed by atoms with E-state index in [-0.39, 0.29) is 0 Å². The Morgan fingerprint density at radius 2 is 1.68 bits per heavy atom. The van der Waals surface area contributed by atoms with Gasteiger partial charge in [-0.3, -0.25) is 0 Å².